The van der Waals surface area contributed by atoms with Gasteiger partial charge >= 0.3 is 0 Å². The zero-order valence-corrected chi connectivity index (χ0v) is 17.0. The zero-order chi connectivity index (χ0) is 19.4. The number of likely N-dealkylation sites (N-methyl/N-ethyl adjacent to an activating group) is 1. The van der Waals surface area contributed by atoms with Crippen molar-refractivity contribution in [2.75, 3.05) is 46.8 Å². The Hall–Kier alpha value is -1.72. The predicted octanol–water partition coefficient (Wildman–Crippen LogP) is 2.66. The molecule has 0 N–H and O–H groups in total. The van der Waals surface area contributed by atoms with Crippen molar-refractivity contribution in [3.63, 3.8) is 0 Å². The highest BCUT2D eigenvalue weighted by atomic mass is 16.2. The highest BCUT2D eigenvalue weighted by Gasteiger charge is 2.40. The van der Waals surface area contributed by atoms with Gasteiger partial charge < -0.3 is 9.80 Å². The van der Waals surface area contributed by atoms with Gasteiger partial charge in [0.15, 0.2) is 5.78 Å². The molecular weight excluding hydrogens is 338 g/mol. The summed E-state index contributed by atoms with van der Waals surface area (Å²) in [6.45, 7) is 7.44. The third-order valence-corrected chi connectivity index (χ3v) is 6.25. The summed E-state index contributed by atoms with van der Waals surface area (Å²) in [5.74, 6) is 0.447. The van der Waals surface area contributed by atoms with Crippen LogP contribution in [-0.4, -0.2) is 73.2 Å². The van der Waals surface area contributed by atoms with E-state index in [1.165, 1.54) is 18.4 Å². The van der Waals surface area contributed by atoms with E-state index in [1.807, 2.05) is 12.1 Å². The highest BCUT2D eigenvalue weighted by Crippen LogP contribution is 2.40. The van der Waals surface area contributed by atoms with E-state index in [-0.39, 0.29) is 5.78 Å². The summed E-state index contributed by atoms with van der Waals surface area (Å²) in [6.07, 6.45) is 4.10. The van der Waals surface area contributed by atoms with Crippen molar-refractivity contribution < 1.29 is 9.59 Å². The number of hydrogen-bond acceptors (Lipinski definition) is 4. The van der Waals surface area contributed by atoms with Crippen LogP contribution in [0.15, 0.2) is 24.3 Å². The third-order valence-electron chi connectivity index (χ3n) is 6.25. The van der Waals surface area contributed by atoms with Gasteiger partial charge in [-0.3, -0.25) is 14.5 Å². The molecule has 0 aromatic heterocycles. The molecule has 0 radical (unpaired) electrons. The molecule has 3 rings (SSSR count). The van der Waals surface area contributed by atoms with E-state index in [9.17, 15) is 9.59 Å². The molecule has 27 heavy (non-hydrogen) atoms. The Kier molecular flexibility index (Phi) is 6.33. The topological polar surface area (TPSA) is 43.9 Å². The Labute approximate surface area is 163 Å². The van der Waals surface area contributed by atoms with Crippen molar-refractivity contribution >= 4 is 11.7 Å². The molecule has 1 aromatic carbocycles. The van der Waals surface area contributed by atoms with Crippen LogP contribution in [-0.2, 0) is 11.3 Å². The Bertz CT molecular complexity index is 661. The summed E-state index contributed by atoms with van der Waals surface area (Å²) in [6, 6.07) is 8.00. The lowest BCUT2D eigenvalue weighted by Gasteiger charge is -2.47. The van der Waals surface area contributed by atoms with Gasteiger partial charge in [-0.25, -0.2) is 0 Å². The maximum atomic E-state index is 12.3. The molecule has 2 saturated heterocycles. The van der Waals surface area contributed by atoms with Gasteiger partial charge in [-0.15, -0.1) is 0 Å². The first-order chi connectivity index (χ1) is 12.9. The molecule has 5 heteroatoms. The summed E-state index contributed by atoms with van der Waals surface area (Å²) < 4.78 is 0. The van der Waals surface area contributed by atoms with Crippen LogP contribution in [0.3, 0.4) is 0 Å². The van der Waals surface area contributed by atoms with Gasteiger partial charge in [-0.1, -0.05) is 24.3 Å². The first-order valence-electron chi connectivity index (χ1n) is 10.1. The van der Waals surface area contributed by atoms with Crippen molar-refractivity contribution in [3.05, 3.63) is 35.4 Å². The largest absolute Gasteiger partial charge is 0.341 e. The number of nitrogens with zero attached hydrogens (tertiary/aromatic N) is 3. The minimum atomic E-state index is 0.118. The molecule has 0 saturated carbocycles. The number of piperidine rings is 2. The molecule has 1 aromatic rings. The molecule has 2 heterocycles. The molecule has 2 aliphatic rings. The van der Waals surface area contributed by atoms with Crippen molar-refractivity contribution in [3.8, 4) is 0 Å². The molecule has 2 fully saturated rings. The number of hydrogen-bond donors (Lipinski definition) is 0. The second kappa shape index (κ2) is 8.53. The number of carbonyl (C=O) groups excluding carboxylic acids is 2. The van der Waals surface area contributed by atoms with E-state index in [4.69, 9.17) is 0 Å². The summed E-state index contributed by atoms with van der Waals surface area (Å²) in [5, 5.41) is 0. The van der Waals surface area contributed by atoms with Crippen molar-refractivity contribution in [1.29, 1.82) is 0 Å². The monoisotopic (exact) mass is 371 g/mol. The van der Waals surface area contributed by atoms with Crippen LogP contribution in [0.4, 0.5) is 0 Å². The molecule has 0 aliphatic carbocycles. The van der Waals surface area contributed by atoms with E-state index in [0.717, 1.165) is 51.3 Å². The van der Waals surface area contributed by atoms with Crippen LogP contribution < -0.4 is 0 Å². The number of amides is 1. The van der Waals surface area contributed by atoms with Gasteiger partial charge in [-0.05, 0) is 64.3 Å². The molecule has 5 nitrogen and oxygen atoms in total. The number of Topliss-reactive ketones (excluding diaryl/α,β-unsaturated/α-hetero) is 1. The number of ketones is 1. The predicted molar refractivity (Wildman–Crippen MR) is 108 cm³/mol. The number of carbonyl (C=O) groups is 2. The fourth-order valence-corrected chi connectivity index (χ4v) is 4.32. The Balaban J connectivity index is 1.53. The highest BCUT2D eigenvalue weighted by molar-refractivity contribution is 5.94. The van der Waals surface area contributed by atoms with E-state index < -0.39 is 0 Å². The minimum Gasteiger partial charge on any atom is -0.341 e. The fraction of sp³-hybridized carbons (Fsp3) is 0.636. The van der Waals surface area contributed by atoms with Crippen molar-refractivity contribution in [2.45, 2.75) is 39.2 Å². The van der Waals surface area contributed by atoms with E-state index in [0.29, 0.717) is 17.7 Å². The van der Waals surface area contributed by atoms with Crippen molar-refractivity contribution in [2.24, 2.45) is 5.41 Å². The lowest BCUT2D eigenvalue weighted by molar-refractivity contribution is -0.139. The Morgan fingerprint density at radius 3 is 2.37 bits per heavy atom. The van der Waals surface area contributed by atoms with Gasteiger partial charge in [0, 0.05) is 38.2 Å². The third kappa shape index (κ3) is 5.17. The molecular formula is C22H33N3O2. The second-order valence-corrected chi connectivity index (χ2v) is 8.65. The average molecular weight is 372 g/mol. The Morgan fingerprint density at radius 1 is 1.11 bits per heavy atom. The maximum absolute atomic E-state index is 12.3. The first-order valence-corrected chi connectivity index (χ1v) is 10.1. The van der Waals surface area contributed by atoms with Crippen LogP contribution >= 0.6 is 0 Å². The van der Waals surface area contributed by atoms with Crippen LogP contribution in [0.2, 0.25) is 0 Å². The van der Waals surface area contributed by atoms with Gasteiger partial charge in [-0.2, -0.15) is 0 Å². The molecule has 1 amide bonds. The van der Waals surface area contributed by atoms with E-state index >= 15 is 0 Å². The van der Waals surface area contributed by atoms with Crippen LogP contribution in [0, 0.1) is 5.41 Å². The Morgan fingerprint density at radius 2 is 1.78 bits per heavy atom. The van der Waals surface area contributed by atoms with Gasteiger partial charge in [0.1, 0.15) is 0 Å². The number of likely N-dealkylation sites (tertiary alicyclic amines) is 2. The van der Waals surface area contributed by atoms with Gasteiger partial charge in [0.05, 0.1) is 0 Å². The molecule has 1 spiro atoms. The number of rotatable bonds is 6. The second-order valence-electron chi connectivity index (χ2n) is 8.65. The summed E-state index contributed by atoms with van der Waals surface area (Å²) in [4.78, 5) is 30.5. The SMILES string of the molecule is CC(=O)c1ccc(CN2CCC3(CCC(=O)N(CCN(C)C)C3)CC2)cc1. The molecule has 148 valence electrons. The molecule has 0 bridgehead atoms. The average Bonchev–Trinajstić information content (AvgIpc) is 2.65. The molecule has 0 atom stereocenters. The first kappa shape index (κ1) is 20.0. The lowest BCUT2D eigenvalue weighted by atomic mass is 9.72. The van der Waals surface area contributed by atoms with Crippen LogP contribution in [0.1, 0.15) is 48.5 Å². The van der Waals surface area contributed by atoms with Gasteiger partial charge in [0.25, 0.3) is 0 Å². The van der Waals surface area contributed by atoms with E-state index in [2.05, 4.69) is 40.9 Å². The number of benzene rings is 1. The summed E-state index contributed by atoms with van der Waals surface area (Å²) in [5.41, 5.74) is 2.36. The molecule has 0 unspecified atom stereocenters. The summed E-state index contributed by atoms with van der Waals surface area (Å²) in [7, 11) is 4.12. The van der Waals surface area contributed by atoms with Crippen LogP contribution in [0.5, 0.6) is 0 Å². The van der Waals surface area contributed by atoms with Crippen molar-refractivity contribution in [1.82, 2.24) is 14.7 Å². The maximum Gasteiger partial charge on any atom is 0.222 e. The summed E-state index contributed by atoms with van der Waals surface area (Å²) >= 11 is 0. The van der Waals surface area contributed by atoms with Gasteiger partial charge in [0.2, 0.25) is 5.91 Å². The lowest BCUT2D eigenvalue weighted by Crippen LogP contribution is -2.52. The minimum absolute atomic E-state index is 0.118. The quantitative estimate of drug-likeness (QED) is 0.721. The normalized spacial score (nSPS) is 20.4. The molecule has 2 aliphatic heterocycles. The van der Waals surface area contributed by atoms with Crippen LogP contribution in [0.25, 0.3) is 0 Å². The van der Waals surface area contributed by atoms with E-state index in [1.54, 1.807) is 6.92 Å². The fourth-order valence-electron chi connectivity index (χ4n) is 4.32. The zero-order valence-electron chi connectivity index (χ0n) is 17.0. The smallest absolute Gasteiger partial charge is 0.222 e. The standard InChI is InChI=1S/C22H33N3O2/c1-18(26)20-6-4-19(5-7-20)16-24-12-10-22(11-13-24)9-8-21(27)25(17-22)15-14-23(2)3/h4-7H,8-17H2,1-3H3.